The van der Waals surface area contributed by atoms with E-state index in [0.717, 1.165) is 35.4 Å². The highest BCUT2D eigenvalue weighted by atomic mass is 32.2. The van der Waals surface area contributed by atoms with E-state index in [1.807, 2.05) is 49.6 Å². The van der Waals surface area contributed by atoms with Gasteiger partial charge in [-0.25, -0.2) is 13.2 Å². The Kier molecular flexibility index (Phi) is 7.80. The molecule has 1 aliphatic heterocycles. The smallest absolute Gasteiger partial charge is 0.319 e. The van der Waals surface area contributed by atoms with Crippen LogP contribution in [0.3, 0.4) is 0 Å². The molecule has 0 spiro atoms. The molecule has 0 atom stereocenters. The third-order valence-electron chi connectivity index (χ3n) is 5.40. The number of carbonyl (C=O) groups excluding carboxylic acids is 1. The second kappa shape index (κ2) is 10.3. The van der Waals surface area contributed by atoms with Gasteiger partial charge in [0.1, 0.15) is 0 Å². The molecule has 30 heavy (non-hydrogen) atoms. The number of rotatable bonds is 7. The lowest BCUT2D eigenvalue weighted by Gasteiger charge is -2.31. The fraction of sp³-hybridized carbons (Fsp3) is 0.409. The van der Waals surface area contributed by atoms with Crippen molar-refractivity contribution in [2.45, 2.75) is 36.0 Å². The summed E-state index contributed by atoms with van der Waals surface area (Å²) in [7, 11) is -3.42. The molecule has 1 saturated heterocycles. The summed E-state index contributed by atoms with van der Waals surface area (Å²) in [5, 5.41) is 5.75. The molecule has 2 aromatic carbocycles. The van der Waals surface area contributed by atoms with E-state index in [9.17, 15) is 13.2 Å². The Labute approximate surface area is 183 Å². The van der Waals surface area contributed by atoms with Crippen LogP contribution in [-0.4, -0.2) is 44.6 Å². The van der Waals surface area contributed by atoms with E-state index in [0.29, 0.717) is 30.4 Å². The highest BCUT2D eigenvalue weighted by Crippen LogP contribution is 2.25. The average Bonchev–Trinajstić information content (AvgIpc) is 2.74. The topological polar surface area (TPSA) is 78.5 Å². The number of piperidine rings is 1. The number of nitrogens with one attached hydrogen (secondary N) is 2. The Bertz CT molecular complexity index is 954. The summed E-state index contributed by atoms with van der Waals surface area (Å²) >= 11 is 1.63. The quantitative estimate of drug-likeness (QED) is 0.619. The van der Waals surface area contributed by atoms with Crippen molar-refractivity contribution in [2.24, 2.45) is 5.92 Å². The maximum Gasteiger partial charge on any atom is 0.319 e. The van der Waals surface area contributed by atoms with Crippen molar-refractivity contribution in [3.8, 4) is 0 Å². The minimum Gasteiger partial charge on any atom is -0.338 e. The number of nitrogens with zero attached hydrogens (tertiary/aromatic N) is 1. The molecule has 0 saturated carbocycles. The summed E-state index contributed by atoms with van der Waals surface area (Å²) in [5.74, 6) is 0.412. The zero-order valence-corrected chi connectivity index (χ0v) is 19.1. The summed E-state index contributed by atoms with van der Waals surface area (Å²) in [6, 6.07) is 14.5. The number of urea groups is 1. The van der Waals surface area contributed by atoms with Gasteiger partial charge in [0, 0.05) is 30.2 Å². The van der Waals surface area contributed by atoms with Gasteiger partial charge in [0.2, 0.25) is 10.0 Å². The van der Waals surface area contributed by atoms with Crippen LogP contribution in [0.2, 0.25) is 0 Å². The number of sulfonamides is 1. The van der Waals surface area contributed by atoms with Crippen LogP contribution in [0.5, 0.6) is 0 Å². The second-order valence-corrected chi connectivity index (χ2v) is 10.4. The van der Waals surface area contributed by atoms with Crippen molar-refractivity contribution >= 4 is 33.5 Å². The molecular formula is C22H29N3O3S2. The third-order valence-corrected chi connectivity index (χ3v) is 8.04. The number of benzene rings is 2. The van der Waals surface area contributed by atoms with Gasteiger partial charge < -0.3 is 10.6 Å². The molecule has 0 aromatic heterocycles. The highest BCUT2D eigenvalue weighted by Gasteiger charge is 2.29. The Morgan fingerprint density at radius 1 is 1.13 bits per heavy atom. The van der Waals surface area contributed by atoms with Crippen molar-refractivity contribution < 1.29 is 13.2 Å². The normalized spacial score (nSPS) is 15.7. The van der Waals surface area contributed by atoms with E-state index in [2.05, 4.69) is 10.6 Å². The maximum atomic E-state index is 12.8. The SMILES string of the molecule is CSc1cccc(NC(=O)NCCC2CCN(S(=O)(=O)c3ccc(C)cc3)CC2)c1. The van der Waals surface area contributed by atoms with Crippen molar-refractivity contribution in [1.29, 1.82) is 0 Å². The standard InChI is InChI=1S/C22H29N3O3S2/c1-17-6-8-21(9-7-17)30(27,28)25-14-11-18(12-15-25)10-13-23-22(26)24-19-4-3-5-20(16-19)29-2/h3-9,16,18H,10-15H2,1-2H3,(H2,23,24,26). The number of hydrogen-bond acceptors (Lipinski definition) is 4. The van der Waals surface area contributed by atoms with Crippen molar-refractivity contribution in [3.05, 3.63) is 54.1 Å². The van der Waals surface area contributed by atoms with Crippen LogP contribution in [0.4, 0.5) is 10.5 Å². The molecule has 0 unspecified atom stereocenters. The lowest BCUT2D eigenvalue weighted by Crippen LogP contribution is -2.39. The van der Waals surface area contributed by atoms with Crippen LogP contribution >= 0.6 is 11.8 Å². The predicted molar refractivity (Wildman–Crippen MR) is 123 cm³/mol. The fourth-order valence-electron chi connectivity index (χ4n) is 3.56. The number of anilines is 1. The van der Waals surface area contributed by atoms with Crippen LogP contribution in [0.25, 0.3) is 0 Å². The largest absolute Gasteiger partial charge is 0.338 e. The number of amides is 2. The minimum absolute atomic E-state index is 0.215. The first-order valence-electron chi connectivity index (χ1n) is 10.1. The molecule has 1 fully saturated rings. The number of hydrogen-bond donors (Lipinski definition) is 2. The summed E-state index contributed by atoms with van der Waals surface area (Å²) in [5.41, 5.74) is 1.81. The Morgan fingerprint density at radius 3 is 2.50 bits per heavy atom. The molecule has 1 heterocycles. The summed E-state index contributed by atoms with van der Waals surface area (Å²) in [4.78, 5) is 13.6. The highest BCUT2D eigenvalue weighted by molar-refractivity contribution is 7.98. The molecular weight excluding hydrogens is 418 g/mol. The second-order valence-electron chi connectivity index (χ2n) is 7.56. The summed E-state index contributed by atoms with van der Waals surface area (Å²) in [6.45, 7) is 3.56. The van der Waals surface area contributed by atoms with Crippen molar-refractivity contribution in [1.82, 2.24) is 9.62 Å². The molecule has 8 heteroatoms. The number of aryl methyl sites for hydroxylation is 1. The maximum absolute atomic E-state index is 12.8. The molecule has 0 radical (unpaired) electrons. The van der Waals surface area contributed by atoms with E-state index in [4.69, 9.17) is 0 Å². The lowest BCUT2D eigenvalue weighted by atomic mass is 9.95. The molecule has 3 rings (SSSR count). The third kappa shape index (κ3) is 6.00. The van der Waals surface area contributed by atoms with Gasteiger partial charge in [-0.3, -0.25) is 0 Å². The van der Waals surface area contributed by atoms with Crippen LogP contribution in [-0.2, 0) is 10.0 Å². The van der Waals surface area contributed by atoms with Crippen molar-refractivity contribution in [2.75, 3.05) is 31.2 Å². The van der Waals surface area contributed by atoms with Gasteiger partial charge in [-0.2, -0.15) is 4.31 Å². The van der Waals surface area contributed by atoms with Gasteiger partial charge in [-0.1, -0.05) is 23.8 Å². The van der Waals surface area contributed by atoms with Gasteiger partial charge in [-0.15, -0.1) is 11.8 Å². The molecule has 2 N–H and O–H groups in total. The molecule has 2 aromatic rings. The zero-order chi connectivity index (χ0) is 21.6. The Balaban J connectivity index is 1.41. The van der Waals surface area contributed by atoms with Gasteiger partial charge in [-0.05, 0) is 68.7 Å². The van der Waals surface area contributed by atoms with Gasteiger partial charge in [0.05, 0.1) is 4.90 Å². The first-order valence-corrected chi connectivity index (χ1v) is 12.8. The van der Waals surface area contributed by atoms with Crippen LogP contribution in [0.1, 0.15) is 24.8 Å². The Morgan fingerprint density at radius 2 is 1.83 bits per heavy atom. The molecule has 1 aliphatic rings. The van der Waals surface area contributed by atoms with E-state index in [-0.39, 0.29) is 6.03 Å². The minimum atomic E-state index is -3.42. The summed E-state index contributed by atoms with van der Waals surface area (Å²) < 4.78 is 27.2. The van der Waals surface area contributed by atoms with E-state index < -0.39 is 10.0 Å². The van der Waals surface area contributed by atoms with E-state index in [1.165, 1.54) is 0 Å². The number of carbonyl (C=O) groups is 1. The van der Waals surface area contributed by atoms with E-state index in [1.54, 1.807) is 28.2 Å². The molecule has 0 bridgehead atoms. The predicted octanol–water partition coefficient (Wildman–Crippen LogP) is 4.33. The van der Waals surface area contributed by atoms with Gasteiger partial charge in [0.25, 0.3) is 0 Å². The lowest BCUT2D eigenvalue weighted by molar-refractivity contribution is 0.245. The van der Waals surface area contributed by atoms with Crippen LogP contribution in [0.15, 0.2) is 58.3 Å². The van der Waals surface area contributed by atoms with Gasteiger partial charge in [0.15, 0.2) is 0 Å². The molecule has 2 amide bonds. The first kappa shape index (κ1) is 22.7. The van der Waals surface area contributed by atoms with Crippen LogP contribution in [0, 0.1) is 12.8 Å². The Hall–Kier alpha value is -2.03. The average molecular weight is 448 g/mol. The van der Waals surface area contributed by atoms with Crippen molar-refractivity contribution in [3.63, 3.8) is 0 Å². The van der Waals surface area contributed by atoms with Crippen LogP contribution < -0.4 is 10.6 Å². The molecule has 6 nitrogen and oxygen atoms in total. The molecule has 162 valence electrons. The van der Waals surface area contributed by atoms with Gasteiger partial charge >= 0.3 is 6.03 Å². The first-order chi connectivity index (χ1) is 14.4. The zero-order valence-electron chi connectivity index (χ0n) is 17.4. The van der Waals surface area contributed by atoms with E-state index >= 15 is 0 Å². The molecule has 0 aliphatic carbocycles. The fourth-order valence-corrected chi connectivity index (χ4v) is 5.49. The number of thioether (sulfide) groups is 1. The summed E-state index contributed by atoms with van der Waals surface area (Å²) in [6.07, 6.45) is 4.46. The monoisotopic (exact) mass is 447 g/mol.